The van der Waals surface area contributed by atoms with Crippen LogP contribution < -0.4 is 0 Å². The Balaban J connectivity index is 1.73. The van der Waals surface area contributed by atoms with E-state index in [1.165, 1.54) is 5.57 Å². The highest BCUT2D eigenvalue weighted by Crippen LogP contribution is 2.66. The molecular weight excluding hydrogens is 320 g/mol. The third-order valence-corrected chi connectivity index (χ3v) is 9.00. The van der Waals surface area contributed by atoms with Gasteiger partial charge in [0.2, 0.25) is 0 Å². The lowest BCUT2D eigenvalue weighted by molar-refractivity contribution is -0.143. The molecule has 0 aromatic rings. The Morgan fingerprint density at radius 1 is 1.12 bits per heavy atom. The van der Waals surface area contributed by atoms with E-state index in [0.717, 1.165) is 38.5 Å². The maximum atomic E-state index is 11.9. The van der Waals surface area contributed by atoms with E-state index in [1.54, 1.807) is 0 Å². The predicted octanol–water partition coefficient (Wildman–Crippen LogP) is 5.00. The molecule has 0 spiro atoms. The van der Waals surface area contributed by atoms with Crippen molar-refractivity contribution in [2.24, 2.45) is 28.6 Å². The molecule has 0 saturated heterocycles. The van der Waals surface area contributed by atoms with Crippen LogP contribution in [0.3, 0.4) is 0 Å². The summed E-state index contributed by atoms with van der Waals surface area (Å²) in [5.74, 6) is 2.08. The minimum atomic E-state index is -0.915. The van der Waals surface area contributed by atoms with Gasteiger partial charge in [0.05, 0.1) is 0 Å². The number of fused-ring (bicyclic) bond motifs is 5. The highest BCUT2D eigenvalue weighted by Gasteiger charge is 2.61. The van der Waals surface area contributed by atoms with Crippen molar-refractivity contribution in [1.29, 1.82) is 0 Å². The standard InChI is InChI=1S/C21H29ClO2/c1-19-10-8-14(23)12-13(19)4-5-15-16(19)9-11-20(2)17(15)6-7-18(22)21(20,3)24/h7,12,15-17,24H,4-6,8-11H2,1-3H3/t15-,16+,17+,19+,20+,21+/m1/s1. The fourth-order valence-electron chi connectivity index (χ4n) is 6.62. The van der Waals surface area contributed by atoms with Gasteiger partial charge < -0.3 is 5.11 Å². The number of halogens is 1. The van der Waals surface area contributed by atoms with E-state index in [1.807, 2.05) is 13.0 Å². The molecule has 1 N–H and O–H groups in total. The Bertz CT molecular complexity index is 646. The van der Waals surface area contributed by atoms with E-state index in [9.17, 15) is 9.90 Å². The van der Waals surface area contributed by atoms with Crippen molar-refractivity contribution in [1.82, 2.24) is 0 Å². The summed E-state index contributed by atoms with van der Waals surface area (Å²) in [5, 5.41) is 11.8. The lowest BCUT2D eigenvalue weighted by Gasteiger charge is -2.62. The second-order valence-electron chi connectivity index (χ2n) is 9.28. The quantitative estimate of drug-likeness (QED) is 0.668. The maximum Gasteiger partial charge on any atom is 0.155 e. The lowest BCUT2D eigenvalue weighted by Crippen LogP contribution is -2.59. The van der Waals surface area contributed by atoms with Gasteiger partial charge in [-0.25, -0.2) is 0 Å². The first-order valence-corrected chi connectivity index (χ1v) is 9.90. The molecule has 0 bridgehead atoms. The van der Waals surface area contributed by atoms with Crippen LogP contribution in [0.15, 0.2) is 22.8 Å². The summed E-state index contributed by atoms with van der Waals surface area (Å²) in [6, 6.07) is 0. The van der Waals surface area contributed by atoms with Crippen LogP contribution in [0.2, 0.25) is 0 Å². The maximum absolute atomic E-state index is 11.9. The van der Waals surface area contributed by atoms with Crippen molar-refractivity contribution in [3.8, 4) is 0 Å². The zero-order chi connectivity index (χ0) is 17.3. The normalized spacial score (nSPS) is 51.0. The highest BCUT2D eigenvalue weighted by atomic mass is 35.5. The molecule has 132 valence electrons. The van der Waals surface area contributed by atoms with Gasteiger partial charge in [0, 0.05) is 16.9 Å². The molecule has 0 aromatic heterocycles. The Morgan fingerprint density at radius 3 is 2.62 bits per heavy atom. The number of ketones is 1. The van der Waals surface area contributed by atoms with Gasteiger partial charge >= 0.3 is 0 Å². The zero-order valence-electron chi connectivity index (χ0n) is 15.1. The van der Waals surface area contributed by atoms with Gasteiger partial charge in [0.15, 0.2) is 5.78 Å². The van der Waals surface area contributed by atoms with Gasteiger partial charge in [0.25, 0.3) is 0 Å². The molecule has 0 aromatic carbocycles. The summed E-state index contributed by atoms with van der Waals surface area (Å²) in [5.41, 5.74) is 0.540. The summed E-state index contributed by atoms with van der Waals surface area (Å²) < 4.78 is 0. The van der Waals surface area contributed by atoms with E-state index in [4.69, 9.17) is 11.6 Å². The van der Waals surface area contributed by atoms with Gasteiger partial charge in [-0.2, -0.15) is 0 Å². The first-order valence-electron chi connectivity index (χ1n) is 9.52. The molecule has 0 radical (unpaired) electrons. The SMILES string of the molecule is C[C@]12CCC(=O)C=C1CC[C@@H]1[C@@H]2CC[C@@]2(C)[C@H]1CC=C(Cl)[C@]2(C)O. The number of aliphatic hydroxyl groups is 1. The first-order chi connectivity index (χ1) is 11.2. The van der Waals surface area contributed by atoms with Crippen molar-refractivity contribution in [3.05, 3.63) is 22.8 Å². The van der Waals surface area contributed by atoms with Crippen LogP contribution in [-0.2, 0) is 4.79 Å². The van der Waals surface area contributed by atoms with Crippen molar-refractivity contribution < 1.29 is 9.90 Å². The van der Waals surface area contributed by atoms with Crippen LogP contribution in [0.25, 0.3) is 0 Å². The van der Waals surface area contributed by atoms with Crippen LogP contribution in [0, 0.1) is 28.6 Å². The van der Waals surface area contributed by atoms with Gasteiger partial charge in [-0.15, -0.1) is 0 Å². The van der Waals surface area contributed by atoms with Crippen molar-refractivity contribution in [2.45, 2.75) is 71.3 Å². The van der Waals surface area contributed by atoms with Gasteiger partial charge in [-0.3, -0.25) is 4.79 Å². The fourth-order valence-corrected chi connectivity index (χ4v) is 6.93. The van der Waals surface area contributed by atoms with Crippen LogP contribution >= 0.6 is 11.6 Å². The number of carbonyl (C=O) groups excluding carboxylic acids is 1. The van der Waals surface area contributed by atoms with Crippen LogP contribution in [0.5, 0.6) is 0 Å². The summed E-state index contributed by atoms with van der Waals surface area (Å²) in [7, 11) is 0. The monoisotopic (exact) mass is 348 g/mol. The Morgan fingerprint density at radius 2 is 1.88 bits per heavy atom. The molecule has 0 heterocycles. The topological polar surface area (TPSA) is 37.3 Å². The highest BCUT2D eigenvalue weighted by molar-refractivity contribution is 6.30. The number of rotatable bonds is 0. The summed E-state index contributed by atoms with van der Waals surface area (Å²) in [6.45, 7) is 6.56. The molecule has 0 aliphatic heterocycles. The number of hydrogen-bond acceptors (Lipinski definition) is 2. The van der Waals surface area contributed by atoms with Crippen LogP contribution in [0.1, 0.15) is 65.7 Å². The predicted molar refractivity (Wildman–Crippen MR) is 96.7 cm³/mol. The molecule has 0 amide bonds. The molecule has 2 nitrogen and oxygen atoms in total. The molecule has 24 heavy (non-hydrogen) atoms. The molecule has 2 fully saturated rings. The minimum absolute atomic E-state index is 0.137. The largest absolute Gasteiger partial charge is 0.384 e. The molecule has 4 aliphatic rings. The molecule has 3 heteroatoms. The average Bonchev–Trinajstić information content (AvgIpc) is 2.52. The Hall–Kier alpha value is -0.600. The van der Waals surface area contributed by atoms with E-state index in [2.05, 4.69) is 19.9 Å². The lowest BCUT2D eigenvalue weighted by atomic mass is 9.43. The molecule has 0 unspecified atom stereocenters. The summed E-state index contributed by atoms with van der Waals surface area (Å²) >= 11 is 6.41. The third-order valence-electron chi connectivity index (χ3n) is 8.48. The summed E-state index contributed by atoms with van der Waals surface area (Å²) in [4.78, 5) is 11.9. The summed E-state index contributed by atoms with van der Waals surface area (Å²) in [6.07, 6.45) is 11.1. The minimum Gasteiger partial charge on any atom is -0.384 e. The number of allylic oxidation sites excluding steroid dienone is 3. The van der Waals surface area contributed by atoms with Crippen molar-refractivity contribution in [3.63, 3.8) is 0 Å². The molecule has 4 aliphatic carbocycles. The van der Waals surface area contributed by atoms with Crippen molar-refractivity contribution in [2.75, 3.05) is 0 Å². The Labute approximate surface area is 150 Å². The van der Waals surface area contributed by atoms with E-state index >= 15 is 0 Å². The molecular formula is C21H29ClO2. The van der Waals surface area contributed by atoms with E-state index < -0.39 is 5.60 Å². The molecule has 6 atom stereocenters. The van der Waals surface area contributed by atoms with Gasteiger partial charge in [-0.05, 0) is 74.7 Å². The zero-order valence-corrected chi connectivity index (χ0v) is 15.8. The van der Waals surface area contributed by atoms with Gasteiger partial charge in [0.1, 0.15) is 5.60 Å². The van der Waals surface area contributed by atoms with Crippen molar-refractivity contribution >= 4 is 17.4 Å². The number of carbonyl (C=O) groups is 1. The second kappa shape index (κ2) is 5.20. The number of hydrogen-bond donors (Lipinski definition) is 1. The van der Waals surface area contributed by atoms with Gasteiger partial charge in [-0.1, -0.05) is 37.1 Å². The third kappa shape index (κ3) is 2.02. The van der Waals surface area contributed by atoms with E-state index in [0.29, 0.717) is 35.0 Å². The average molecular weight is 349 g/mol. The van der Waals surface area contributed by atoms with Crippen LogP contribution in [0.4, 0.5) is 0 Å². The second-order valence-corrected chi connectivity index (χ2v) is 9.69. The molecule has 4 rings (SSSR count). The molecule has 2 saturated carbocycles. The smallest absolute Gasteiger partial charge is 0.155 e. The van der Waals surface area contributed by atoms with E-state index in [-0.39, 0.29) is 10.8 Å². The fraction of sp³-hybridized carbons (Fsp3) is 0.762. The van der Waals surface area contributed by atoms with Crippen LogP contribution in [-0.4, -0.2) is 16.5 Å². The Kier molecular flexibility index (Phi) is 3.65. The first kappa shape index (κ1) is 16.8.